The summed E-state index contributed by atoms with van der Waals surface area (Å²) in [6.45, 7) is 2.18. The summed E-state index contributed by atoms with van der Waals surface area (Å²) in [5, 5.41) is 0.639. The lowest BCUT2D eigenvalue weighted by molar-refractivity contribution is -0.116. The number of nitrogen functional groups attached to an aromatic ring is 1. The van der Waals surface area contributed by atoms with Crippen molar-refractivity contribution in [1.29, 1.82) is 0 Å². The van der Waals surface area contributed by atoms with Gasteiger partial charge in [-0.25, -0.2) is 4.79 Å². The SMILES string of the molecule is CCN(C(=O)CSCc1cccc(Cl)c1)c1c(N)n(Cc2ccccc2)c(=O)[nH]c1=O. The van der Waals surface area contributed by atoms with Crippen molar-refractivity contribution in [2.45, 2.75) is 19.2 Å². The summed E-state index contributed by atoms with van der Waals surface area (Å²) < 4.78 is 1.26. The third-order valence-electron chi connectivity index (χ3n) is 4.67. The van der Waals surface area contributed by atoms with Gasteiger partial charge in [0.15, 0.2) is 5.69 Å². The van der Waals surface area contributed by atoms with Gasteiger partial charge in [-0.2, -0.15) is 0 Å². The Morgan fingerprint density at radius 3 is 2.52 bits per heavy atom. The Morgan fingerprint density at radius 1 is 1.13 bits per heavy atom. The van der Waals surface area contributed by atoms with E-state index in [9.17, 15) is 14.4 Å². The van der Waals surface area contributed by atoms with E-state index in [-0.39, 0.29) is 36.3 Å². The lowest BCUT2D eigenvalue weighted by atomic mass is 10.2. The van der Waals surface area contributed by atoms with Gasteiger partial charge in [-0.1, -0.05) is 54.1 Å². The minimum atomic E-state index is -0.679. The molecule has 3 rings (SSSR count). The second kappa shape index (κ2) is 10.4. The maximum atomic E-state index is 12.9. The normalized spacial score (nSPS) is 10.8. The van der Waals surface area contributed by atoms with E-state index in [1.807, 2.05) is 48.5 Å². The number of aromatic nitrogens is 2. The van der Waals surface area contributed by atoms with Crippen LogP contribution in [0, 0.1) is 0 Å². The number of thioether (sulfide) groups is 1. The van der Waals surface area contributed by atoms with Crippen LogP contribution in [0.4, 0.5) is 11.5 Å². The van der Waals surface area contributed by atoms with Crippen LogP contribution in [0.5, 0.6) is 0 Å². The summed E-state index contributed by atoms with van der Waals surface area (Å²) in [5.41, 5.74) is 6.76. The zero-order valence-corrected chi connectivity index (χ0v) is 18.6. The van der Waals surface area contributed by atoms with Crippen molar-refractivity contribution in [3.05, 3.63) is 91.6 Å². The highest BCUT2D eigenvalue weighted by molar-refractivity contribution is 7.99. The smallest absolute Gasteiger partial charge is 0.330 e. The van der Waals surface area contributed by atoms with Gasteiger partial charge in [-0.15, -0.1) is 11.8 Å². The molecule has 0 aliphatic rings. The Labute approximate surface area is 188 Å². The van der Waals surface area contributed by atoms with Crippen LogP contribution < -0.4 is 21.9 Å². The van der Waals surface area contributed by atoms with Crippen molar-refractivity contribution in [1.82, 2.24) is 9.55 Å². The average molecular weight is 459 g/mol. The molecule has 0 saturated carbocycles. The highest BCUT2D eigenvalue weighted by Gasteiger charge is 2.23. The molecule has 3 aromatic rings. The summed E-state index contributed by atoms with van der Waals surface area (Å²) in [4.78, 5) is 41.4. The molecule has 2 aromatic carbocycles. The molecule has 7 nitrogen and oxygen atoms in total. The highest BCUT2D eigenvalue weighted by atomic mass is 35.5. The molecule has 0 spiro atoms. The number of anilines is 2. The maximum absolute atomic E-state index is 12.9. The number of H-pyrrole nitrogens is 1. The minimum Gasteiger partial charge on any atom is -0.383 e. The van der Waals surface area contributed by atoms with Gasteiger partial charge in [0.1, 0.15) is 5.82 Å². The predicted octanol–water partition coefficient (Wildman–Crippen LogP) is 3.11. The van der Waals surface area contributed by atoms with Crippen LogP contribution in [0.25, 0.3) is 0 Å². The van der Waals surface area contributed by atoms with Gasteiger partial charge in [0.25, 0.3) is 5.56 Å². The number of rotatable bonds is 8. The number of benzene rings is 2. The van der Waals surface area contributed by atoms with Gasteiger partial charge in [-0.3, -0.25) is 19.1 Å². The number of nitrogens with zero attached hydrogens (tertiary/aromatic N) is 2. The molecule has 9 heteroatoms. The van der Waals surface area contributed by atoms with Crippen LogP contribution >= 0.6 is 23.4 Å². The van der Waals surface area contributed by atoms with E-state index in [0.29, 0.717) is 10.8 Å². The monoisotopic (exact) mass is 458 g/mol. The number of hydrogen-bond acceptors (Lipinski definition) is 5. The molecule has 0 aliphatic heterocycles. The van der Waals surface area contributed by atoms with Crippen molar-refractivity contribution < 1.29 is 4.79 Å². The van der Waals surface area contributed by atoms with E-state index >= 15 is 0 Å². The van der Waals surface area contributed by atoms with Crippen LogP contribution in [-0.2, 0) is 17.1 Å². The van der Waals surface area contributed by atoms with E-state index < -0.39 is 11.2 Å². The molecule has 0 bridgehead atoms. The maximum Gasteiger partial charge on any atom is 0.330 e. The quantitative estimate of drug-likeness (QED) is 0.540. The van der Waals surface area contributed by atoms with Crippen molar-refractivity contribution >= 4 is 40.8 Å². The molecule has 0 unspecified atom stereocenters. The average Bonchev–Trinajstić information content (AvgIpc) is 2.74. The Morgan fingerprint density at radius 2 is 1.84 bits per heavy atom. The van der Waals surface area contributed by atoms with Gasteiger partial charge in [0.05, 0.1) is 12.3 Å². The second-order valence-electron chi connectivity index (χ2n) is 6.83. The minimum absolute atomic E-state index is 0.00798. The Balaban J connectivity index is 1.81. The fraction of sp³-hybridized carbons (Fsp3) is 0.227. The first kappa shape index (κ1) is 22.7. The molecule has 31 heavy (non-hydrogen) atoms. The fourth-order valence-electron chi connectivity index (χ4n) is 3.18. The third kappa shape index (κ3) is 5.59. The van der Waals surface area contributed by atoms with E-state index in [4.69, 9.17) is 17.3 Å². The summed E-state index contributed by atoms with van der Waals surface area (Å²) >= 11 is 7.41. The number of carbonyl (C=O) groups excluding carboxylic acids is 1. The van der Waals surface area contributed by atoms with Crippen LogP contribution in [0.15, 0.2) is 64.2 Å². The van der Waals surface area contributed by atoms with E-state index in [2.05, 4.69) is 4.98 Å². The molecule has 0 fully saturated rings. The molecule has 1 aromatic heterocycles. The molecule has 1 heterocycles. The first-order valence-electron chi connectivity index (χ1n) is 9.69. The van der Waals surface area contributed by atoms with Gasteiger partial charge >= 0.3 is 5.69 Å². The topological polar surface area (TPSA) is 101 Å². The van der Waals surface area contributed by atoms with Crippen molar-refractivity contribution in [2.24, 2.45) is 0 Å². The first-order chi connectivity index (χ1) is 14.9. The van der Waals surface area contributed by atoms with E-state index in [1.54, 1.807) is 13.0 Å². The summed E-state index contributed by atoms with van der Waals surface area (Å²) in [6, 6.07) is 16.7. The van der Waals surface area contributed by atoms with E-state index in [1.165, 1.54) is 21.2 Å². The zero-order chi connectivity index (χ0) is 22.4. The highest BCUT2D eigenvalue weighted by Crippen LogP contribution is 2.21. The Kier molecular flexibility index (Phi) is 7.59. The number of hydrogen-bond donors (Lipinski definition) is 2. The van der Waals surface area contributed by atoms with Gasteiger partial charge in [-0.05, 0) is 30.2 Å². The fourth-order valence-corrected chi connectivity index (χ4v) is 4.24. The molecular weight excluding hydrogens is 436 g/mol. The number of nitrogens with two attached hydrogens (primary N) is 1. The molecule has 0 aliphatic carbocycles. The third-order valence-corrected chi connectivity index (χ3v) is 5.89. The van der Waals surface area contributed by atoms with Crippen LogP contribution in [0.2, 0.25) is 5.02 Å². The number of carbonyl (C=O) groups is 1. The van der Waals surface area contributed by atoms with Crippen LogP contribution in [0.1, 0.15) is 18.1 Å². The molecule has 1 amide bonds. The van der Waals surface area contributed by atoms with Crippen LogP contribution in [-0.4, -0.2) is 27.8 Å². The van der Waals surface area contributed by atoms with Gasteiger partial charge < -0.3 is 10.6 Å². The number of aromatic amines is 1. The lowest BCUT2D eigenvalue weighted by Crippen LogP contribution is -2.41. The Bertz CT molecular complexity index is 1180. The predicted molar refractivity (Wildman–Crippen MR) is 127 cm³/mol. The van der Waals surface area contributed by atoms with Gasteiger partial charge in [0.2, 0.25) is 5.91 Å². The standard InChI is InChI=1S/C22H23ClN4O3S/c1-2-26(18(28)14-31-13-16-9-6-10-17(23)11-16)19-20(24)27(22(30)25-21(19)29)12-15-7-4-3-5-8-15/h3-11H,2,12-14,24H2,1H3,(H,25,29,30). The lowest BCUT2D eigenvalue weighted by Gasteiger charge is -2.23. The molecular formula is C22H23ClN4O3S. The number of halogens is 1. The summed E-state index contributed by atoms with van der Waals surface area (Å²) in [5.74, 6) is 0.449. The number of amides is 1. The molecule has 0 radical (unpaired) electrons. The zero-order valence-electron chi connectivity index (χ0n) is 17.0. The molecule has 162 valence electrons. The summed E-state index contributed by atoms with van der Waals surface area (Å²) in [6.07, 6.45) is 0. The van der Waals surface area contributed by atoms with Crippen molar-refractivity contribution in [3.8, 4) is 0 Å². The molecule has 0 atom stereocenters. The Hall–Kier alpha value is -2.97. The first-order valence-corrected chi connectivity index (χ1v) is 11.2. The summed E-state index contributed by atoms with van der Waals surface area (Å²) in [7, 11) is 0. The second-order valence-corrected chi connectivity index (χ2v) is 8.25. The molecule has 0 saturated heterocycles. The number of nitrogens with one attached hydrogen (secondary N) is 1. The van der Waals surface area contributed by atoms with Crippen molar-refractivity contribution in [3.63, 3.8) is 0 Å². The van der Waals surface area contributed by atoms with E-state index in [0.717, 1.165) is 11.1 Å². The largest absolute Gasteiger partial charge is 0.383 e. The van der Waals surface area contributed by atoms with Gasteiger partial charge in [0, 0.05) is 17.3 Å². The molecule has 3 N–H and O–H groups in total. The van der Waals surface area contributed by atoms with Crippen molar-refractivity contribution in [2.75, 3.05) is 22.9 Å². The van der Waals surface area contributed by atoms with Crippen LogP contribution in [0.3, 0.4) is 0 Å².